The number of rotatable bonds is 5. The lowest BCUT2D eigenvalue weighted by atomic mass is 9.59. The van der Waals surface area contributed by atoms with E-state index in [0.29, 0.717) is 0 Å². The van der Waals surface area contributed by atoms with Gasteiger partial charge in [-0.05, 0) is 103 Å². The molecule has 1 heteroatoms. The molecule has 2 aliphatic rings. The van der Waals surface area contributed by atoms with Crippen molar-refractivity contribution in [1.82, 2.24) is 0 Å². The van der Waals surface area contributed by atoms with E-state index in [9.17, 15) is 0 Å². The third kappa shape index (κ3) is 4.51. The Kier molecular flexibility index (Phi) is 6.93. The van der Waals surface area contributed by atoms with E-state index in [2.05, 4.69) is 200 Å². The van der Waals surface area contributed by atoms with E-state index < -0.39 is 0 Å². The maximum atomic E-state index is 2.53. The minimum atomic E-state index is -0.0962. The molecule has 0 amide bonds. The second-order valence-electron chi connectivity index (χ2n) is 16.3. The van der Waals surface area contributed by atoms with E-state index >= 15 is 0 Å². The SMILES string of the molecule is CC1(C)c2ccccc2-c2ccc(N(c3ccc(-c4ccccc4)cc3)c3cc4c(cc3-c3ccccc3)C(C)(C)C(C)(C)C4(C)C)cc21. The Morgan fingerprint density at radius 1 is 0.367 bits per heavy atom. The van der Waals surface area contributed by atoms with Gasteiger partial charge in [-0.2, -0.15) is 0 Å². The zero-order chi connectivity index (χ0) is 34.3. The Labute approximate surface area is 293 Å². The van der Waals surface area contributed by atoms with Crippen LogP contribution < -0.4 is 4.90 Å². The second kappa shape index (κ2) is 10.8. The van der Waals surface area contributed by atoms with Gasteiger partial charge in [-0.15, -0.1) is 0 Å². The van der Waals surface area contributed by atoms with Crippen LogP contribution in [0.2, 0.25) is 0 Å². The topological polar surface area (TPSA) is 3.24 Å². The third-order valence-electron chi connectivity index (χ3n) is 13.0. The molecule has 0 unspecified atom stereocenters. The van der Waals surface area contributed by atoms with Gasteiger partial charge in [0, 0.05) is 22.4 Å². The Bertz CT molecular complexity index is 2200. The number of fused-ring (bicyclic) bond motifs is 4. The Balaban J connectivity index is 1.40. The molecule has 0 N–H and O–H groups in total. The molecular weight excluding hydrogens is 591 g/mol. The zero-order valence-electron chi connectivity index (χ0n) is 30.2. The van der Waals surface area contributed by atoms with Crippen LogP contribution in [0.4, 0.5) is 17.1 Å². The van der Waals surface area contributed by atoms with E-state index in [1.807, 2.05) is 0 Å². The van der Waals surface area contributed by atoms with Gasteiger partial charge in [-0.25, -0.2) is 0 Å². The monoisotopic (exact) mass is 637 g/mol. The van der Waals surface area contributed by atoms with Crippen molar-refractivity contribution in [2.75, 3.05) is 4.90 Å². The molecule has 0 heterocycles. The molecule has 8 rings (SSSR count). The van der Waals surface area contributed by atoms with Crippen LogP contribution in [0.3, 0.4) is 0 Å². The summed E-state index contributed by atoms with van der Waals surface area (Å²) in [6.07, 6.45) is 0. The van der Waals surface area contributed by atoms with Gasteiger partial charge in [-0.3, -0.25) is 0 Å². The van der Waals surface area contributed by atoms with Crippen LogP contribution >= 0.6 is 0 Å². The highest BCUT2D eigenvalue weighted by atomic mass is 15.1. The number of anilines is 3. The normalized spacial score (nSPS) is 17.2. The molecule has 0 aliphatic heterocycles. The van der Waals surface area contributed by atoms with Gasteiger partial charge in [0.1, 0.15) is 0 Å². The van der Waals surface area contributed by atoms with E-state index in [0.717, 1.165) is 5.69 Å². The van der Waals surface area contributed by atoms with E-state index in [1.165, 1.54) is 67.0 Å². The van der Waals surface area contributed by atoms with Gasteiger partial charge >= 0.3 is 0 Å². The quantitative estimate of drug-likeness (QED) is 0.182. The lowest BCUT2D eigenvalue weighted by Crippen LogP contribution is -2.42. The van der Waals surface area contributed by atoms with Crippen LogP contribution in [-0.2, 0) is 16.2 Å². The lowest BCUT2D eigenvalue weighted by molar-refractivity contribution is 0.125. The highest BCUT2D eigenvalue weighted by Crippen LogP contribution is 2.63. The summed E-state index contributed by atoms with van der Waals surface area (Å²) in [6, 6.07) is 51.9. The van der Waals surface area contributed by atoms with Crippen LogP contribution in [0, 0.1) is 5.41 Å². The fourth-order valence-electron chi connectivity index (χ4n) is 8.80. The van der Waals surface area contributed by atoms with Crippen molar-refractivity contribution in [3.8, 4) is 33.4 Å². The summed E-state index contributed by atoms with van der Waals surface area (Å²) in [7, 11) is 0. The van der Waals surface area contributed by atoms with Crippen LogP contribution in [0.25, 0.3) is 33.4 Å². The first-order valence-electron chi connectivity index (χ1n) is 17.8. The highest BCUT2D eigenvalue weighted by Gasteiger charge is 2.57. The molecule has 0 atom stereocenters. The fourth-order valence-corrected chi connectivity index (χ4v) is 8.80. The number of benzene rings is 6. The predicted octanol–water partition coefficient (Wildman–Crippen LogP) is 13.4. The van der Waals surface area contributed by atoms with Gasteiger partial charge in [0.25, 0.3) is 0 Å². The molecule has 0 aromatic heterocycles. The summed E-state index contributed by atoms with van der Waals surface area (Å²) in [6.45, 7) is 19.4. The second-order valence-corrected chi connectivity index (χ2v) is 16.3. The highest BCUT2D eigenvalue weighted by molar-refractivity contribution is 5.92. The van der Waals surface area contributed by atoms with Crippen LogP contribution in [0.5, 0.6) is 0 Å². The maximum Gasteiger partial charge on any atom is 0.0543 e. The number of nitrogens with zero attached hydrogens (tertiary/aromatic N) is 1. The average molecular weight is 638 g/mol. The molecule has 0 fully saturated rings. The first-order chi connectivity index (χ1) is 23.3. The Morgan fingerprint density at radius 2 is 0.878 bits per heavy atom. The third-order valence-corrected chi connectivity index (χ3v) is 13.0. The van der Waals surface area contributed by atoms with Crippen LogP contribution in [0.15, 0.2) is 140 Å². The Morgan fingerprint density at radius 3 is 1.53 bits per heavy atom. The molecule has 6 aromatic carbocycles. The summed E-state index contributed by atoms with van der Waals surface area (Å²) >= 11 is 0. The predicted molar refractivity (Wildman–Crippen MR) is 209 cm³/mol. The van der Waals surface area contributed by atoms with Crippen LogP contribution in [-0.4, -0.2) is 0 Å². The van der Waals surface area contributed by atoms with Crippen molar-refractivity contribution >= 4 is 17.1 Å². The van der Waals surface area contributed by atoms with Crippen molar-refractivity contribution in [3.05, 3.63) is 162 Å². The molecule has 0 saturated carbocycles. The lowest BCUT2D eigenvalue weighted by Gasteiger charge is -2.44. The summed E-state index contributed by atoms with van der Waals surface area (Å²) in [5.41, 5.74) is 16.8. The van der Waals surface area contributed by atoms with Gasteiger partial charge in [-0.1, -0.05) is 159 Å². The maximum absolute atomic E-state index is 2.53. The van der Waals surface area contributed by atoms with Crippen molar-refractivity contribution in [1.29, 1.82) is 0 Å². The molecule has 0 spiro atoms. The molecule has 0 radical (unpaired) electrons. The zero-order valence-corrected chi connectivity index (χ0v) is 30.2. The molecule has 49 heavy (non-hydrogen) atoms. The van der Waals surface area contributed by atoms with E-state index in [1.54, 1.807) is 0 Å². The van der Waals surface area contributed by atoms with Gasteiger partial charge < -0.3 is 4.90 Å². The minimum Gasteiger partial charge on any atom is -0.310 e. The van der Waals surface area contributed by atoms with Crippen LogP contribution in [0.1, 0.15) is 77.6 Å². The van der Waals surface area contributed by atoms with Gasteiger partial charge in [0.15, 0.2) is 0 Å². The summed E-state index contributed by atoms with van der Waals surface area (Å²) < 4.78 is 0. The molecule has 244 valence electrons. The van der Waals surface area contributed by atoms with Crippen molar-refractivity contribution in [3.63, 3.8) is 0 Å². The van der Waals surface area contributed by atoms with Crippen molar-refractivity contribution < 1.29 is 0 Å². The minimum absolute atomic E-state index is 0.000570. The number of hydrogen-bond donors (Lipinski definition) is 0. The number of hydrogen-bond acceptors (Lipinski definition) is 1. The van der Waals surface area contributed by atoms with Crippen molar-refractivity contribution in [2.24, 2.45) is 5.41 Å². The Hall–Kier alpha value is -4.88. The first kappa shape index (κ1) is 31.4. The molecule has 2 aliphatic carbocycles. The molecular formula is C48H47N. The van der Waals surface area contributed by atoms with Crippen molar-refractivity contribution in [2.45, 2.75) is 71.6 Å². The molecule has 0 bridgehead atoms. The molecule has 1 nitrogen and oxygen atoms in total. The summed E-state index contributed by atoms with van der Waals surface area (Å²) in [5.74, 6) is 0. The summed E-state index contributed by atoms with van der Waals surface area (Å²) in [5, 5.41) is 0. The molecule has 0 saturated heterocycles. The fraction of sp³-hybridized carbons (Fsp3) is 0.250. The average Bonchev–Trinajstić information content (AvgIpc) is 3.40. The van der Waals surface area contributed by atoms with Gasteiger partial charge in [0.2, 0.25) is 0 Å². The van der Waals surface area contributed by atoms with E-state index in [-0.39, 0.29) is 21.7 Å². The van der Waals surface area contributed by atoms with E-state index in [4.69, 9.17) is 0 Å². The standard InChI is InChI=1S/C48H47N/c1-45(2)40-22-16-15-21-37(40)38-28-27-36(29-41(38)45)49(35-25-23-33(24-26-35)32-17-11-9-12-18-32)44-31-43-42(30-39(44)34-19-13-10-14-20-34)46(3,4)48(7,8)47(43,5)6/h9-31H,1-8H3. The molecule has 6 aromatic rings. The van der Waals surface area contributed by atoms with Gasteiger partial charge in [0.05, 0.1) is 5.69 Å². The smallest absolute Gasteiger partial charge is 0.0543 e. The summed E-state index contributed by atoms with van der Waals surface area (Å²) in [4.78, 5) is 2.52. The largest absolute Gasteiger partial charge is 0.310 e. The first-order valence-corrected chi connectivity index (χ1v) is 17.8.